The molecule has 0 fully saturated rings. The summed E-state index contributed by atoms with van der Waals surface area (Å²) >= 11 is 0. The molecule has 1 aromatic rings. The van der Waals surface area contributed by atoms with Crippen molar-refractivity contribution in [2.75, 3.05) is 13.2 Å². The van der Waals surface area contributed by atoms with Crippen LogP contribution in [0.15, 0.2) is 30.3 Å². The first-order chi connectivity index (χ1) is 7.79. The van der Waals surface area contributed by atoms with Crippen LogP contribution in [0.4, 0.5) is 0 Å². The summed E-state index contributed by atoms with van der Waals surface area (Å²) in [6, 6.07) is 10.0. The molecule has 0 N–H and O–H groups in total. The molecule has 1 aromatic carbocycles. The molecule has 0 atom stereocenters. The highest BCUT2D eigenvalue weighted by Gasteiger charge is 2.42. The smallest absolute Gasteiger partial charge is 0.418 e. The van der Waals surface area contributed by atoms with Crippen molar-refractivity contribution in [2.45, 2.75) is 20.4 Å². The van der Waals surface area contributed by atoms with Crippen LogP contribution in [0.3, 0.4) is 0 Å². The number of benzene rings is 1. The zero-order valence-corrected chi connectivity index (χ0v) is 12.6. The lowest BCUT2D eigenvalue weighted by Crippen LogP contribution is -2.57. The fourth-order valence-electron chi connectivity index (χ4n) is 1.59. The molecule has 0 aliphatic carbocycles. The molecule has 0 heterocycles. The zero-order chi connectivity index (χ0) is 11.9. The largest absolute Gasteiger partial charge is 0.526 e. The normalized spacial score (nSPS) is 12.4. The van der Waals surface area contributed by atoms with Gasteiger partial charge in [0, 0.05) is 18.4 Å². The van der Waals surface area contributed by atoms with E-state index in [4.69, 9.17) is 13.0 Å². The van der Waals surface area contributed by atoms with E-state index in [2.05, 4.69) is 6.55 Å². The Morgan fingerprint density at radius 2 is 1.62 bits per heavy atom. The van der Waals surface area contributed by atoms with Crippen molar-refractivity contribution in [3.63, 3.8) is 0 Å². The van der Waals surface area contributed by atoms with E-state index in [-0.39, 0.29) is 0 Å². The maximum absolute atomic E-state index is 5.93. The van der Waals surface area contributed by atoms with Crippen LogP contribution in [-0.4, -0.2) is 31.8 Å². The van der Waals surface area contributed by atoms with E-state index in [9.17, 15) is 0 Å². The van der Waals surface area contributed by atoms with Gasteiger partial charge in [-0.2, -0.15) is 0 Å². The van der Waals surface area contributed by atoms with Gasteiger partial charge in [-0.05, 0) is 13.8 Å². The average molecular weight is 256 g/mol. The van der Waals surface area contributed by atoms with Crippen molar-refractivity contribution < 1.29 is 13.0 Å². The molecule has 5 heteroatoms. The Labute approximate surface area is 101 Å². The molecule has 0 bridgehead atoms. The monoisotopic (exact) mass is 256 g/mol. The van der Waals surface area contributed by atoms with E-state index in [0.29, 0.717) is 13.2 Å². The molecule has 1 rings (SSSR count). The quantitative estimate of drug-likeness (QED) is 0.683. The molecule has 0 radical (unpaired) electrons. The first-order valence-corrected chi connectivity index (χ1v) is 9.48. The van der Waals surface area contributed by atoms with Crippen LogP contribution in [0.5, 0.6) is 0 Å². The second-order valence-corrected chi connectivity index (χ2v) is 7.22. The summed E-state index contributed by atoms with van der Waals surface area (Å²) < 4.78 is 17.6. The SMILES string of the molecule is CCO[Si](OCC)(O[SiH2]C)c1ccccc1. The zero-order valence-electron chi connectivity index (χ0n) is 10.2. The van der Waals surface area contributed by atoms with Gasteiger partial charge >= 0.3 is 8.80 Å². The second kappa shape index (κ2) is 6.98. The third kappa shape index (κ3) is 3.26. The third-order valence-electron chi connectivity index (χ3n) is 2.13. The van der Waals surface area contributed by atoms with E-state index in [1.54, 1.807) is 0 Å². The minimum absolute atomic E-state index is 0.563. The molecule has 0 unspecified atom stereocenters. The predicted octanol–water partition coefficient (Wildman–Crippen LogP) is 1.05. The van der Waals surface area contributed by atoms with Crippen LogP contribution < -0.4 is 5.19 Å². The molecule has 90 valence electrons. The van der Waals surface area contributed by atoms with Crippen molar-refractivity contribution in [3.05, 3.63) is 30.3 Å². The Kier molecular flexibility index (Phi) is 5.93. The third-order valence-corrected chi connectivity index (χ3v) is 7.18. The van der Waals surface area contributed by atoms with Gasteiger partial charge in [-0.25, -0.2) is 0 Å². The van der Waals surface area contributed by atoms with E-state index < -0.39 is 18.6 Å². The topological polar surface area (TPSA) is 27.7 Å². The minimum Gasteiger partial charge on any atom is -0.418 e. The number of hydrogen-bond donors (Lipinski definition) is 0. The summed E-state index contributed by atoms with van der Waals surface area (Å²) in [5.41, 5.74) is 0. The Morgan fingerprint density at radius 3 is 2.06 bits per heavy atom. The van der Waals surface area contributed by atoms with Crippen LogP contribution in [0, 0.1) is 0 Å². The Morgan fingerprint density at radius 1 is 1.06 bits per heavy atom. The molecule has 0 spiro atoms. The van der Waals surface area contributed by atoms with Crippen LogP contribution in [0.25, 0.3) is 0 Å². The molecule has 16 heavy (non-hydrogen) atoms. The van der Waals surface area contributed by atoms with Crippen molar-refractivity contribution in [1.82, 2.24) is 0 Å². The Hall–Kier alpha value is -0.466. The summed E-state index contributed by atoms with van der Waals surface area (Å²) in [5.74, 6) is 0. The van der Waals surface area contributed by atoms with Gasteiger partial charge in [0.25, 0.3) is 0 Å². The van der Waals surface area contributed by atoms with E-state index >= 15 is 0 Å². The first-order valence-electron chi connectivity index (χ1n) is 5.76. The van der Waals surface area contributed by atoms with Gasteiger partial charge in [0.2, 0.25) is 0 Å². The number of hydrogen-bond acceptors (Lipinski definition) is 3. The number of rotatable bonds is 7. The summed E-state index contributed by atoms with van der Waals surface area (Å²) in [7, 11) is -3.17. The van der Waals surface area contributed by atoms with Gasteiger partial charge in [0.1, 0.15) is 9.76 Å². The van der Waals surface area contributed by atoms with E-state index in [1.165, 1.54) is 0 Å². The minimum atomic E-state index is -2.61. The summed E-state index contributed by atoms with van der Waals surface area (Å²) in [4.78, 5) is 0. The Bertz CT molecular complexity index is 276. The van der Waals surface area contributed by atoms with Gasteiger partial charge in [-0.3, -0.25) is 0 Å². The molecule has 0 amide bonds. The highest BCUT2D eigenvalue weighted by molar-refractivity contribution is 6.78. The van der Waals surface area contributed by atoms with Gasteiger partial charge in [-0.1, -0.05) is 36.9 Å². The van der Waals surface area contributed by atoms with Crippen molar-refractivity contribution in [2.24, 2.45) is 0 Å². The molecule has 0 saturated heterocycles. The lowest BCUT2D eigenvalue weighted by Gasteiger charge is -2.29. The lowest BCUT2D eigenvalue weighted by molar-refractivity contribution is 0.134. The summed E-state index contributed by atoms with van der Waals surface area (Å²) in [5, 5.41) is 1.06. The molecule has 3 nitrogen and oxygen atoms in total. The molecule has 0 saturated carbocycles. The van der Waals surface area contributed by atoms with Gasteiger partial charge in [0.05, 0.1) is 0 Å². The fourth-order valence-corrected chi connectivity index (χ4v) is 6.22. The maximum atomic E-state index is 5.93. The van der Waals surface area contributed by atoms with Crippen LogP contribution in [-0.2, 0) is 13.0 Å². The highest BCUT2D eigenvalue weighted by Crippen LogP contribution is 2.09. The van der Waals surface area contributed by atoms with E-state index in [0.717, 1.165) is 5.19 Å². The van der Waals surface area contributed by atoms with Crippen molar-refractivity contribution in [3.8, 4) is 0 Å². The van der Waals surface area contributed by atoms with Crippen molar-refractivity contribution in [1.29, 1.82) is 0 Å². The molecule has 0 aliphatic heterocycles. The van der Waals surface area contributed by atoms with E-state index in [1.807, 2.05) is 44.2 Å². The second-order valence-electron chi connectivity index (χ2n) is 3.22. The Balaban J connectivity index is 2.99. The van der Waals surface area contributed by atoms with Crippen LogP contribution >= 0.6 is 0 Å². The van der Waals surface area contributed by atoms with Crippen LogP contribution in [0.1, 0.15) is 13.8 Å². The van der Waals surface area contributed by atoms with Crippen LogP contribution in [0.2, 0.25) is 6.55 Å². The standard InChI is InChI=1S/C11H20O3Si2/c1-4-12-16(13-5-2,14-15-3)11-9-7-6-8-10-11/h6-10H,4-5,15H2,1-3H3. The average Bonchev–Trinajstić information content (AvgIpc) is 2.31. The molecular weight excluding hydrogens is 236 g/mol. The van der Waals surface area contributed by atoms with Gasteiger partial charge in [0.15, 0.2) is 0 Å². The first kappa shape index (κ1) is 13.6. The fraction of sp³-hybridized carbons (Fsp3) is 0.455. The lowest BCUT2D eigenvalue weighted by atomic mass is 10.4. The molecule has 0 aliphatic rings. The maximum Gasteiger partial charge on any atom is 0.526 e. The molecular formula is C11H20O3Si2. The highest BCUT2D eigenvalue weighted by atomic mass is 28.4. The van der Waals surface area contributed by atoms with Gasteiger partial charge in [-0.15, -0.1) is 0 Å². The summed E-state index contributed by atoms with van der Waals surface area (Å²) in [6.45, 7) is 7.29. The van der Waals surface area contributed by atoms with Gasteiger partial charge < -0.3 is 13.0 Å². The predicted molar refractivity (Wildman–Crippen MR) is 70.6 cm³/mol. The molecule has 0 aromatic heterocycles. The summed E-state index contributed by atoms with van der Waals surface area (Å²) in [6.07, 6.45) is 0. The van der Waals surface area contributed by atoms with Crippen molar-refractivity contribution >= 4 is 23.8 Å².